The molecule has 0 saturated carbocycles. The molecule has 0 spiro atoms. The lowest BCUT2D eigenvalue weighted by Gasteiger charge is -2.10. The van der Waals surface area contributed by atoms with E-state index in [2.05, 4.69) is 25.9 Å². The molecule has 1 heterocycles. The van der Waals surface area contributed by atoms with Crippen LogP contribution in [-0.2, 0) is 11.3 Å². The van der Waals surface area contributed by atoms with Crippen LogP contribution in [0, 0.1) is 5.82 Å². The molecule has 14 heteroatoms. The highest BCUT2D eigenvalue weighted by atomic mass is 19.4. The van der Waals surface area contributed by atoms with E-state index >= 15 is 0 Å². The minimum absolute atomic E-state index is 0.0360. The molecule has 10 nitrogen and oxygen atoms in total. The van der Waals surface area contributed by atoms with Crippen LogP contribution in [0.15, 0.2) is 54.7 Å². The number of hydrogen-bond donors (Lipinski definition) is 4. The third-order valence-electron chi connectivity index (χ3n) is 4.10. The highest BCUT2D eigenvalue weighted by molar-refractivity contribution is 5.99. The molecule has 34 heavy (non-hydrogen) atoms. The monoisotopic (exact) mass is 480 g/mol. The molecule has 3 amide bonds. The van der Waals surface area contributed by atoms with Gasteiger partial charge in [-0.05, 0) is 42.0 Å². The number of nitrogens with two attached hydrogens (primary N) is 1. The molecule has 0 aliphatic heterocycles. The van der Waals surface area contributed by atoms with E-state index in [0.717, 1.165) is 6.20 Å². The lowest BCUT2D eigenvalue weighted by atomic mass is 10.2. The van der Waals surface area contributed by atoms with Gasteiger partial charge in [0.25, 0.3) is 5.91 Å². The van der Waals surface area contributed by atoms with Crippen molar-refractivity contribution < 1.29 is 36.8 Å². The molecule has 0 unspecified atom stereocenters. The van der Waals surface area contributed by atoms with E-state index < -0.39 is 35.6 Å². The fourth-order valence-corrected chi connectivity index (χ4v) is 2.63. The van der Waals surface area contributed by atoms with Gasteiger partial charge in [-0.2, -0.15) is 13.2 Å². The average Bonchev–Trinajstić information content (AvgIpc) is 3.16. The van der Waals surface area contributed by atoms with Crippen molar-refractivity contribution in [1.82, 2.24) is 9.94 Å². The Kier molecular flexibility index (Phi) is 6.99. The normalized spacial score (nSPS) is 10.9. The van der Waals surface area contributed by atoms with Crippen LogP contribution in [0.5, 0.6) is 0 Å². The first-order valence-corrected chi connectivity index (χ1v) is 9.36. The molecule has 178 valence electrons. The highest BCUT2D eigenvalue weighted by Gasteiger charge is 2.42. The number of hydrogen-bond acceptors (Lipinski definition) is 6. The number of anilines is 3. The molecule has 5 N–H and O–H groups in total. The molecule has 0 bridgehead atoms. The molecule has 0 atom stereocenters. The Morgan fingerprint density at radius 3 is 2.35 bits per heavy atom. The first kappa shape index (κ1) is 24.0. The van der Waals surface area contributed by atoms with Crippen molar-refractivity contribution in [2.24, 2.45) is 5.73 Å². The summed E-state index contributed by atoms with van der Waals surface area (Å²) in [5.41, 5.74) is 5.99. The number of urea groups is 1. The van der Waals surface area contributed by atoms with E-state index in [1.807, 2.05) is 0 Å². The number of aromatic nitrogens is 2. The number of halogens is 4. The summed E-state index contributed by atoms with van der Waals surface area (Å²) in [5.74, 6) is -4.05. The number of nitrogens with one attached hydrogen (secondary N) is 3. The predicted molar refractivity (Wildman–Crippen MR) is 111 cm³/mol. The van der Waals surface area contributed by atoms with Gasteiger partial charge in [-0.3, -0.25) is 4.79 Å². The van der Waals surface area contributed by atoms with Crippen molar-refractivity contribution in [2.75, 3.05) is 16.0 Å². The van der Waals surface area contributed by atoms with E-state index in [1.165, 1.54) is 24.3 Å². The summed E-state index contributed by atoms with van der Waals surface area (Å²) in [6, 6.07) is 11.0. The summed E-state index contributed by atoms with van der Waals surface area (Å²) in [6.45, 7) is 0.0360. The molecule has 2 aromatic carbocycles. The van der Waals surface area contributed by atoms with Gasteiger partial charge in [0.2, 0.25) is 0 Å². The standard InChI is InChI=1S/C20H16F4N6O4/c21-12-4-6-13(7-5-12)27-19(33)28-14-3-1-2-11(8-14)9-26-15-10-30(29-16(15)17(25)31)34-18(32)20(22,23)24/h1-8,10,26H,9H2,(H2,25,31)(H2,27,28,33). The van der Waals surface area contributed by atoms with Crippen molar-refractivity contribution in [3.63, 3.8) is 0 Å². The quantitative estimate of drug-likeness (QED) is 0.384. The Bertz CT molecular complexity index is 1210. The second kappa shape index (κ2) is 9.89. The van der Waals surface area contributed by atoms with Gasteiger partial charge in [-0.15, -0.1) is 5.10 Å². The number of alkyl halides is 3. The number of amides is 3. The van der Waals surface area contributed by atoms with Gasteiger partial charge in [-0.1, -0.05) is 17.0 Å². The van der Waals surface area contributed by atoms with E-state index in [0.29, 0.717) is 16.9 Å². The zero-order valence-corrected chi connectivity index (χ0v) is 17.0. The van der Waals surface area contributed by atoms with E-state index in [4.69, 9.17) is 5.73 Å². The maximum absolute atomic E-state index is 13.0. The summed E-state index contributed by atoms with van der Waals surface area (Å²) >= 11 is 0. The summed E-state index contributed by atoms with van der Waals surface area (Å²) < 4.78 is 50.0. The summed E-state index contributed by atoms with van der Waals surface area (Å²) in [5, 5.41) is 11.3. The minimum atomic E-state index is -5.26. The maximum atomic E-state index is 13.0. The molecular formula is C20H16F4N6O4. The predicted octanol–water partition coefficient (Wildman–Crippen LogP) is 2.89. The number of benzene rings is 2. The Morgan fingerprint density at radius 2 is 1.71 bits per heavy atom. The van der Waals surface area contributed by atoms with Gasteiger partial charge >= 0.3 is 18.2 Å². The Balaban J connectivity index is 1.64. The highest BCUT2D eigenvalue weighted by Crippen LogP contribution is 2.19. The van der Waals surface area contributed by atoms with Gasteiger partial charge in [0.1, 0.15) is 5.82 Å². The molecule has 0 fully saturated rings. The summed E-state index contributed by atoms with van der Waals surface area (Å²) in [4.78, 5) is 38.8. The number of primary amides is 1. The lowest BCUT2D eigenvalue weighted by molar-refractivity contribution is -0.201. The van der Waals surface area contributed by atoms with Crippen LogP contribution in [0.1, 0.15) is 16.1 Å². The number of carbonyl (C=O) groups is 3. The van der Waals surface area contributed by atoms with E-state index in [-0.39, 0.29) is 17.1 Å². The second-order valence-electron chi connectivity index (χ2n) is 6.67. The molecule has 3 aromatic rings. The molecule has 0 aliphatic rings. The summed E-state index contributed by atoms with van der Waals surface area (Å²) in [6.07, 6.45) is -4.41. The third kappa shape index (κ3) is 6.44. The second-order valence-corrected chi connectivity index (χ2v) is 6.67. The molecule has 3 rings (SSSR count). The van der Waals surface area contributed by atoms with Crippen molar-refractivity contribution in [2.45, 2.75) is 12.7 Å². The molecule has 0 saturated heterocycles. The van der Waals surface area contributed by atoms with Crippen molar-refractivity contribution in [1.29, 1.82) is 0 Å². The third-order valence-corrected chi connectivity index (χ3v) is 4.10. The fraction of sp³-hybridized carbons (Fsp3) is 0.100. The number of nitrogens with zero attached hydrogens (tertiary/aromatic N) is 2. The molecule has 0 radical (unpaired) electrons. The first-order chi connectivity index (χ1) is 16.0. The van der Waals surface area contributed by atoms with Crippen molar-refractivity contribution in [3.05, 3.63) is 71.8 Å². The average molecular weight is 480 g/mol. The molecule has 0 aliphatic carbocycles. The van der Waals surface area contributed by atoms with E-state index in [1.54, 1.807) is 24.3 Å². The maximum Gasteiger partial charge on any atom is 0.493 e. The van der Waals surface area contributed by atoms with Crippen LogP contribution >= 0.6 is 0 Å². The smallest absolute Gasteiger partial charge is 0.378 e. The van der Waals surface area contributed by atoms with Gasteiger partial charge in [0, 0.05) is 17.9 Å². The largest absolute Gasteiger partial charge is 0.493 e. The minimum Gasteiger partial charge on any atom is -0.378 e. The zero-order chi connectivity index (χ0) is 24.9. The van der Waals surface area contributed by atoms with Gasteiger partial charge in [0.15, 0.2) is 5.69 Å². The molecule has 1 aromatic heterocycles. The Morgan fingerprint density at radius 1 is 1.03 bits per heavy atom. The number of rotatable bonds is 7. The van der Waals surface area contributed by atoms with Crippen LogP contribution < -0.4 is 26.5 Å². The van der Waals surface area contributed by atoms with Crippen LogP contribution in [0.2, 0.25) is 0 Å². The van der Waals surface area contributed by atoms with E-state index in [9.17, 15) is 31.9 Å². The van der Waals surface area contributed by atoms with Crippen LogP contribution in [0.3, 0.4) is 0 Å². The topological polar surface area (TPSA) is 140 Å². The summed E-state index contributed by atoms with van der Waals surface area (Å²) in [7, 11) is 0. The fourth-order valence-electron chi connectivity index (χ4n) is 2.63. The van der Waals surface area contributed by atoms with Gasteiger partial charge in [-0.25, -0.2) is 14.0 Å². The van der Waals surface area contributed by atoms with Gasteiger partial charge < -0.3 is 26.5 Å². The SMILES string of the molecule is NC(=O)c1nn(OC(=O)C(F)(F)F)cc1NCc1cccc(NC(=O)Nc2ccc(F)cc2)c1. The van der Waals surface area contributed by atoms with Crippen LogP contribution in [-0.4, -0.2) is 34.0 Å². The van der Waals surface area contributed by atoms with Crippen molar-refractivity contribution in [3.8, 4) is 0 Å². The first-order valence-electron chi connectivity index (χ1n) is 9.36. The number of carbonyl (C=O) groups excluding carboxylic acids is 3. The van der Waals surface area contributed by atoms with Crippen LogP contribution in [0.25, 0.3) is 0 Å². The molecular weight excluding hydrogens is 464 g/mol. The van der Waals surface area contributed by atoms with Gasteiger partial charge in [0.05, 0.1) is 11.9 Å². The van der Waals surface area contributed by atoms with Crippen molar-refractivity contribution >= 4 is 35.0 Å². The lowest BCUT2D eigenvalue weighted by Crippen LogP contribution is -2.33. The Labute approximate surface area is 188 Å². The zero-order valence-electron chi connectivity index (χ0n) is 17.0. The Hall–Kier alpha value is -4.62. The van der Waals surface area contributed by atoms with Crippen LogP contribution in [0.4, 0.5) is 39.4 Å².